The quantitative estimate of drug-likeness (QED) is 0.823. The number of halogens is 4. The van der Waals surface area contributed by atoms with Crippen LogP contribution in [0.1, 0.15) is 11.1 Å². The molecule has 19 heavy (non-hydrogen) atoms. The maximum Gasteiger partial charge on any atom is 0.416 e. The van der Waals surface area contributed by atoms with Gasteiger partial charge in [-0.1, -0.05) is 0 Å². The number of pyridine rings is 1. The topological polar surface area (TPSA) is 24.9 Å². The van der Waals surface area contributed by atoms with Crippen molar-refractivity contribution in [2.75, 3.05) is 5.32 Å². The normalized spacial score (nSPS) is 11.4. The Morgan fingerprint density at radius 3 is 2.42 bits per heavy atom. The average molecular weight is 270 g/mol. The zero-order valence-corrected chi connectivity index (χ0v) is 9.92. The molecule has 1 aromatic heterocycles. The van der Waals surface area contributed by atoms with Crippen LogP contribution in [0.25, 0.3) is 0 Å². The lowest BCUT2D eigenvalue weighted by Crippen LogP contribution is -2.06. The van der Waals surface area contributed by atoms with Gasteiger partial charge in [0, 0.05) is 6.20 Å². The molecule has 1 N–H and O–H groups in total. The lowest BCUT2D eigenvalue weighted by molar-refractivity contribution is -0.137. The van der Waals surface area contributed by atoms with E-state index in [1.807, 2.05) is 0 Å². The average Bonchev–Trinajstić information content (AvgIpc) is 2.33. The van der Waals surface area contributed by atoms with Gasteiger partial charge in [0.05, 0.1) is 23.1 Å². The highest BCUT2D eigenvalue weighted by Gasteiger charge is 2.31. The Bertz CT molecular complexity index is 593. The first-order valence-electron chi connectivity index (χ1n) is 5.42. The van der Waals surface area contributed by atoms with E-state index in [9.17, 15) is 17.6 Å². The molecule has 100 valence electrons. The fourth-order valence-corrected chi connectivity index (χ4v) is 1.53. The molecule has 2 nitrogen and oxygen atoms in total. The van der Waals surface area contributed by atoms with Crippen LogP contribution in [0.5, 0.6) is 0 Å². The summed E-state index contributed by atoms with van der Waals surface area (Å²) < 4.78 is 50.8. The minimum absolute atomic E-state index is 0.0240. The van der Waals surface area contributed by atoms with Crippen LogP contribution in [0.4, 0.5) is 28.9 Å². The molecule has 6 heteroatoms. The summed E-state index contributed by atoms with van der Waals surface area (Å²) in [6, 6.07) is 4.07. The van der Waals surface area contributed by atoms with Crippen molar-refractivity contribution in [3.05, 3.63) is 53.6 Å². The zero-order valence-electron chi connectivity index (χ0n) is 9.92. The highest BCUT2D eigenvalue weighted by atomic mass is 19.4. The van der Waals surface area contributed by atoms with Crippen molar-refractivity contribution in [1.29, 1.82) is 0 Å². The van der Waals surface area contributed by atoms with Crippen LogP contribution in [0, 0.1) is 12.7 Å². The van der Waals surface area contributed by atoms with E-state index in [1.165, 1.54) is 6.20 Å². The maximum absolute atomic E-state index is 13.6. The molecular weight excluding hydrogens is 260 g/mol. The van der Waals surface area contributed by atoms with Crippen LogP contribution in [0.2, 0.25) is 0 Å². The Hall–Kier alpha value is -2.11. The molecule has 1 aromatic carbocycles. The zero-order chi connectivity index (χ0) is 14.0. The van der Waals surface area contributed by atoms with Crippen LogP contribution in [0.3, 0.4) is 0 Å². The van der Waals surface area contributed by atoms with E-state index in [0.717, 1.165) is 17.7 Å². The number of aromatic nitrogens is 1. The predicted molar refractivity (Wildman–Crippen MR) is 63.7 cm³/mol. The first kappa shape index (κ1) is 13.3. The van der Waals surface area contributed by atoms with Crippen molar-refractivity contribution < 1.29 is 17.6 Å². The van der Waals surface area contributed by atoms with Gasteiger partial charge in [-0.05, 0) is 36.8 Å². The number of benzene rings is 1. The molecule has 0 aliphatic heterocycles. The third kappa shape index (κ3) is 3.01. The molecule has 0 bridgehead atoms. The smallest absolute Gasteiger partial charge is 0.352 e. The Kier molecular flexibility index (Phi) is 3.42. The van der Waals surface area contributed by atoms with Gasteiger partial charge in [-0.2, -0.15) is 13.2 Å². The summed E-state index contributed by atoms with van der Waals surface area (Å²) in [7, 11) is 0. The van der Waals surface area contributed by atoms with Crippen molar-refractivity contribution in [2.24, 2.45) is 0 Å². The molecule has 0 radical (unpaired) electrons. The molecule has 0 fully saturated rings. The second-order valence-electron chi connectivity index (χ2n) is 4.01. The maximum atomic E-state index is 13.6. The summed E-state index contributed by atoms with van der Waals surface area (Å²) in [6.07, 6.45) is -1.50. The van der Waals surface area contributed by atoms with Crippen molar-refractivity contribution in [1.82, 2.24) is 4.98 Å². The Balaban J connectivity index is 2.30. The van der Waals surface area contributed by atoms with Crippen LogP contribution < -0.4 is 5.32 Å². The van der Waals surface area contributed by atoms with Gasteiger partial charge in [-0.25, -0.2) is 4.39 Å². The van der Waals surface area contributed by atoms with E-state index in [4.69, 9.17) is 0 Å². The lowest BCUT2D eigenvalue weighted by Gasteiger charge is -2.12. The van der Waals surface area contributed by atoms with Crippen LogP contribution in [-0.4, -0.2) is 4.98 Å². The van der Waals surface area contributed by atoms with E-state index in [1.54, 1.807) is 19.2 Å². The number of nitrogens with one attached hydrogen (secondary N) is 1. The third-order valence-corrected chi connectivity index (χ3v) is 2.60. The van der Waals surface area contributed by atoms with Gasteiger partial charge in [0.1, 0.15) is 5.82 Å². The van der Waals surface area contributed by atoms with Gasteiger partial charge < -0.3 is 5.32 Å². The summed E-state index contributed by atoms with van der Waals surface area (Å²) in [6.45, 7) is 1.78. The van der Waals surface area contributed by atoms with E-state index in [2.05, 4.69) is 10.3 Å². The molecule has 1 heterocycles. The second-order valence-corrected chi connectivity index (χ2v) is 4.01. The van der Waals surface area contributed by atoms with Crippen molar-refractivity contribution >= 4 is 11.4 Å². The number of nitrogens with zero attached hydrogens (tertiary/aromatic N) is 1. The van der Waals surface area contributed by atoms with Gasteiger partial charge in [0.15, 0.2) is 0 Å². The summed E-state index contributed by atoms with van der Waals surface area (Å²) in [5.41, 5.74) is 0.318. The van der Waals surface area contributed by atoms with Crippen molar-refractivity contribution in [2.45, 2.75) is 13.1 Å². The molecule has 0 aliphatic carbocycles. The number of alkyl halides is 3. The van der Waals surface area contributed by atoms with Crippen molar-refractivity contribution in [3.63, 3.8) is 0 Å². The Morgan fingerprint density at radius 1 is 1.11 bits per heavy atom. The molecule has 0 aliphatic rings. The Labute approximate surface area is 107 Å². The SMILES string of the molecule is Cc1ccncc1Nc1ccc(C(F)(F)F)cc1F. The van der Waals surface area contributed by atoms with Crippen molar-refractivity contribution in [3.8, 4) is 0 Å². The van der Waals surface area contributed by atoms with E-state index >= 15 is 0 Å². The van der Waals surface area contributed by atoms with E-state index < -0.39 is 17.6 Å². The van der Waals surface area contributed by atoms with Crippen LogP contribution in [0.15, 0.2) is 36.7 Å². The summed E-state index contributed by atoms with van der Waals surface area (Å²) in [5, 5.41) is 2.71. The Morgan fingerprint density at radius 2 is 1.84 bits per heavy atom. The minimum Gasteiger partial charge on any atom is -0.352 e. The summed E-state index contributed by atoms with van der Waals surface area (Å²) in [4.78, 5) is 3.86. The number of rotatable bonds is 2. The molecule has 2 aromatic rings. The monoisotopic (exact) mass is 270 g/mol. The summed E-state index contributed by atoms with van der Waals surface area (Å²) >= 11 is 0. The standard InChI is InChI=1S/C13H10F4N2/c1-8-4-5-18-7-12(8)19-11-3-2-9(6-10(11)14)13(15,16)17/h2-7,19H,1H3. The first-order valence-corrected chi connectivity index (χ1v) is 5.42. The molecule has 0 unspecified atom stereocenters. The number of hydrogen-bond acceptors (Lipinski definition) is 2. The molecule has 0 spiro atoms. The molecule has 0 saturated heterocycles. The number of aryl methyl sites for hydroxylation is 1. The minimum atomic E-state index is -4.55. The van der Waals surface area contributed by atoms with E-state index in [0.29, 0.717) is 11.8 Å². The third-order valence-electron chi connectivity index (χ3n) is 2.60. The molecule has 0 amide bonds. The van der Waals surface area contributed by atoms with Gasteiger partial charge >= 0.3 is 6.18 Å². The number of anilines is 2. The first-order chi connectivity index (χ1) is 8.88. The molecular formula is C13H10F4N2. The molecule has 0 atom stereocenters. The lowest BCUT2D eigenvalue weighted by atomic mass is 10.1. The highest BCUT2D eigenvalue weighted by Crippen LogP contribution is 2.32. The highest BCUT2D eigenvalue weighted by molar-refractivity contribution is 5.62. The fourth-order valence-electron chi connectivity index (χ4n) is 1.53. The van der Waals surface area contributed by atoms with Gasteiger partial charge in [0.2, 0.25) is 0 Å². The van der Waals surface area contributed by atoms with Gasteiger partial charge in [-0.3, -0.25) is 4.98 Å². The van der Waals surface area contributed by atoms with Gasteiger partial charge in [-0.15, -0.1) is 0 Å². The largest absolute Gasteiger partial charge is 0.416 e. The predicted octanol–water partition coefficient (Wildman–Crippen LogP) is 4.29. The van der Waals surface area contributed by atoms with E-state index in [-0.39, 0.29) is 5.69 Å². The number of hydrogen-bond donors (Lipinski definition) is 1. The fraction of sp³-hybridized carbons (Fsp3) is 0.154. The van der Waals surface area contributed by atoms with Gasteiger partial charge in [0.25, 0.3) is 0 Å². The second kappa shape index (κ2) is 4.87. The summed E-state index contributed by atoms with van der Waals surface area (Å²) in [5.74, 6) is -0.960. The molecule has 2 rings (SSSR count). The van der Waals surface area contributed by atoms with Crippen LogP contribution in [-0.2, 0) is 6.18 Å². The molecule has 0 saturated carbocycles. The van der Waals surface area contributed by atoms with Crippen LogP contribution >= 0.6 is 0 Å².